The lowest BCUT2D eigenvalue weighted by Crippen LogP contribution is -2.50. The van der Waals surface area contributed by atoms with Gasteiger partial charge in [-0.05, 0) is 39.0 Å². The number of hydrogen-bond acceptors (Lipinski definition) is 3. The maximum atomic E-state index is 11.9. The van der Waals surface area contributed by atoms with Gasteiger partial charge in [-0.15, -0.1) is 0 Å². The fourth-order valence-corrected chi connectivity index (χ4v) is 1.74. The van der Waals surface area contributed by atoms with Crippen LogP contribution in [0.4, 0.5) is 0 Å². The van der Waals surface area contributed by atoms with Gasteiger partial charge in [0, 0.05) is 5.02 Å². The van der Waals surface area contributed by atoms with Crippen LogP contribution in [0.25, 0.3) is 0 Å². The molecule has 0 spiro atoms. The summed E-state index contributed by atoms with van der Waals surface area (Å²) in [4.78, 5) is 11.9. The summed E-state index contributed by atoms with van der Waals surface area (Å²) in [6.45, 7) is 4.88. The molecule has 4 nitrogen and oxygen atoms in total. The lowest BCUT2D eigenvalue weighted by molar-refractivity contribution is -0.129. The highest BCUT2D eigenvalue weighted by molar-refractivity contribution is 6.35. The molecule has 0 aromatic heterocycles. The van der Waals surface area contributed by atoms with E-state index in [1.165, 1.54) is 0 Å². The Kier molecular flexibility index (Phi) is 5.47. The van der Waals surface area contributed by atoms with Crippen molar-refractivity contribution in [2.45, 2.75) is 32.4 Å². The molecule has 1 rings (SSSR count). The Morgan fingerprint density at radius 1 is 1.47 bits per heavy atom. The van der Waals surface area contributed by atoms with E-state index in [0.29, 0.717) is 15.8 Å². The highest BCUT2D eigenvalue weighted by atomic mass is 35.5. The van der Waals surface area contributed by atoms with Crippen LogP contribution < -0.4 is 10.1 Å². The first-order valence-corrected chi connectivity index (χ1v) is 6.55. The van der Waals surface area contributed by atoms with E-state index in [2.05, 4.69) is 5.32 Å². The van der Waals surface area contributed by atoms with Crippen LogP contribution in [-0.4, -0.2) is 29.3 Å². The third-order valence-electron chi connectivity index (χ3n) is 2.42. The number of carbonyl (C=O) groups is 1. The summed E-state index contributed by atoms with van der Waals surface area (Å²) in [5.74, 6) is 0.0561. The predicted molar refractivity (Wildman–Crippen MR) is 75.9 cm³/mol. The number of nitrogens with one attached hydrogen (secondary N) is 1. The molecule has 0 saturated heterocycles. The Morgan fingerprint density at radius 3 is 2.63 bits per heavy atom. The zero-order chi connectivity index (χ0) is 14.6. The fraction of sp³-hybridized carbons (Fsp3) is 0.462. The molecule has 1 aromatic rings. The van der Waals surface area contributed by atoms with E-state index in [1.54, 1.807) is 39.0 Å². The van der Waals surface area contributed by atoms with Gasteiger partial charge < -0.3 is 15.2 Å². The van der Waals surface area contributed by atoms with Gasteiger partial charge in [0.25, 0.3) is 5.91 Å². The van der Waals surface area contributed by atoms with Crippen molar-refractivity contribution in [1.82, 2.24) is 5.32 Å². The molecule has 6 heteroatoms. The van der Waals surface area contributed by atoms with E-state index in [9.17, 15) is 4.79 Å². The Labute approximate surface area is 122 Å². The Balaban J connectivity index is 2.69. The fourth-order valence-electron chi connectivity index (χ4n) is 1.29. The third-order valence-corrected chi connectivity index (χ3v) is 2.95. The molecule has 1 aromatic carbocycles. The van der Waals surface area contributed by atoms with Crippen molar-refractivity contribution in [2.24, 2.45) is 0 Å². The largest absolute Gasteiger partial charge is 0.479 e. The zero-order valence-electron chi connectivity index (χ0n) is 11.0. The molecule has 0 heterocycles. The lowest BCUT2D eigenvalue weighted by Gasteiger charge is -2.25. The quantitative estimate of drug-likeness (QED) is 0.879. The number of ether oxygens (including phenoxy) is 1. The van der Waals surface area contributed by atoms with Crippen molar-refractivity contribution in [1.29, 1.82) is 0 Å². The standard InChI is InChI=1S/C13H17Cl2NO3/c1-8(12(18)16-13(2,3)7-17)19-11-5-4-9(14)6-10(11)15/h4-6,8,17H,7H2,1-3H3,(H,16,18)/t8-/m0/s1. The second-order valence-corrected chi connectivity index (χ2v) is 5.71. The summed E-state index contributed by atoms with van der Waals surface area (Å²) in [7, 11) is 0. The molecule has 2 N–H and O–H groups in total. The second kappa shape index (κ2) is 6.46. The highest BCUT2D eigenvalue weighted by Gasteiger charge is 2.24. The molecule has 0 aliphatic carbocycles. The number of benzene rings is 1. The minimum atomic E-state index is -0.732. The van der Waals surface area contributed by atoms with Crippen LogP contribution in [-0.2, 0) is 4.79 Å². The molecule has 106 valence electrons. The maximum absolute atomic E-state index is 11.9. The van der Waals surface area contributed by atoms with Crippen molar-refractivity contribution in [3.8, 4) is 5.75 Å². The minimum Gasteiger partial charge on any atom is -0.479 e. The molecule has 0 fully saturated rings. The van der Waals surface area contributed by atoms with Gasteiger partial charge in [-0.1, -0.05) is 23.2 Å². The first-order chi connectivity index (χ1) is 8.75. The van der Waals surface area contributed by atoms with Gasteiger partial charge in [0.2, 0.25) is 0 Å². The normalized spacial score (nSPS) is 12.9. The van der Waals surface area contributed by atoms with E-state index in [-0.39, 0.29) is 12.5 Å². The number of carbonyl (C=O) groups excluding carboxylic acids is 1. The van der Waals surface area contributed by atoms with Crippen molar-refractivity contribution in [2.75, 3.05) is 6.61 Å². The van der Waals surface area contributed by atoms with E-state index in [4.69, 9.17) is 33.0 Å². The van der Waals surface area contributed by atoms with E-state index >= 15 is 0 Å². The Bertz CT molecular complexity index is 463. The number of aliphatic hydroxyl groups is 1. The molecule has 1 amide bonds. The SMILES string of the molecule is C[C@H](Oc1ccc(Cl)cc1Cl)C(=O)NC(C)(C)CO. The monoisotopic (exact) mass is 305 g/mol. The van der Waals surface area contributed by atoms with Gasteiger partial charge in [-0.25, -0.2) is 0 Å². The molecule has 1 atom stereocenters. The zero-order valence-corrected chi connectivity index (χ0v) is 12.5. The molecule has 0 aliphatic rings. The van der Waals surface area contributed by atoms with Crippen molar-refractivity contribution < 1.29 is 14.6 Å². The van der Waals surface area contributed by atoms with E-state index in [0.717, 1.165) is 0 Å². The molecule has 0 radical (unpaired) electrons. The first kappa shape index (κ1) is 16.1. The molecule has 0 unspecified atom stereocenters. The first-order valence-electron chi connectivity index (χ1n) is 5.80. The number of rotatable bonds is 5. The van der Waals surface area contributed by atoms with Crippen LogP contribution in [0.3, 0.4) is 0 Å². The smallest absolute Gasteiger partial charge is 0.261 e. The van der Waals surface area contributed by atoms with Crippen LogP contribution >= 0.6 is 23.2 Å². The summed E-state index contributed by atoms with van der Waals surface area (Å²) in [5, 5.41) is 12.6. The lowest BCUT2D eigenvalue weighted by atomic mass is 10.1. The highest BCUT2D eigenvalue weighted by Crippen LogP contribution is 2.28. The average molecular weight is 306 g/mol. The number of hydrogen-bond donors (Lipinski definition) is 2. The second-order valence-electron chi connectivity index (χ2n) is 4.87. The van der Waals surface area contributed by atoms with Crippen LogP contribution in [0.2, 0.25) is 10.0 Å². The van der Waals surface area contributed by atoms with Gasteiger partial charge >= 0.3 is 0 Å². The summed E-state index contributed by atoms with van der Waals surface area (Å²) in [6.07, 6.45) is -0.732. The van der Waals surface area contributed by atoms with Crippen LogP contribution in [0.1, 0.15) is 20.8 Å². The van der Waals surface area contributed by atoms with Crippen molar-refractivity contribution in [3.63, 3.8) is 0 Å². The van der Waals surface area contributed by atoms with Gasteiger partial charge in [0.1, 0.15) is 5.75 Å². The maximum Gasteiger partial charge on any atom is 0.261 e. The van der Waals surface area contributed by atoms with Gasteiger partial charge in [0.05, 0.1) is 17.2 Å². The molecular formula is C13H17Cl2NO3. The molecule has 0 aliphatic heterocycles. The number of amides is 1. The number of aliphatic hydroxyl groups excluding tert-OH is 1. The summed E-state index contributed by atoms with van der Waals surface area (Å²) in [5.41, 5.74) is -0.696. The van der Waals surface area contributed by atoms with Gasteiger partial charge in [0.15, 0.2) is 6.10 Å². The molecule has 0 bridgehead atoms. The van der Waals surface area contributed by atoms with E-state index < -0.39 is 11.6 Å². The third kappa shape index (κ3) is 4.90. The van der Waals surface area contributed by atoms with E-state index in [1.807, 2.05) is 0 Å². The molecule has 19 heavy (non-hydrogen) atoms. The topological polar surface area (TPSA) is 58.6 Å². The summed E-state index contributed by atoms with van der Waals surface area (Å²) >= 11 is 11.7. The van der Waals surface area contributed by atoms with Crippen molar-refractivity contribution >= 4 is 29.1 Å². The molecule has 0 saturated carbocycles. The Morgan fingerprint density at radius 2 is 2.11 bits per heavy atom. The van der Waals surface area contributed by atoms with Crippen LogP contribution in [0.5, 0.6) is 5.75 Å². The average Bonchev–Trinajstić information content (AvgIpc) is 2.32. The summed E-state index contributed by atoms with van der Waals surface area (Å²) in [6, 6.07) is 4.78. The molecular weight excluding hydrogens is 289 g/mol. The van der Waals surface area contributed by atoms with Gasteiger partial charge in [-0.2, -0.15) is 0 Å². The van der Waals surface area contributed by atoms with Crippen LogP contribution in [0.15, 0.2) is 18.2 Å². The number of halogens is 2. The predicted octanol–water partition coefficient (Wildman–Crippen LogP) is 2.65. The van der Waals surface area contributed by atoms with Crippen LogP contribution in [0, 0.1) is 0 Å². The minimum absolute atomic E-state index is 0.160. The Hall–Kier alpha value is -0.970. The van der Waals surface area contributed by atoms with Gasteiger partial charge in [-0.3, -0.25) is 4.79 Å². The summed E-state index contributed by atoms with van der Waals surface area (Å²) < 4.78 is 5.47. The van der Waals surface area contributed by atoms with Crippen molar-refractivity contribution in [3.05, 3.63) is 28.2 Å².